The summed E-state index contributed by atoms with van der Waals surface area (Å²) in [4.78, 5) is 24.8. The molecule has 18 heavy (non-hydrogen) atoms. The van der Waals surface area contributed by atoms with Gasteiger partial charge in [-0.1, -0.05) is 43.3 Å². The Morgan fingerprint density at radius 3 is 2.06 bits per heavy atom. The van der Waals surface area contributed by atoms with Crippen molar-refractivity contribution in [2.75, 3.05) is 0 Å². The van der Waals surface area contributed by atoms with Gasteiger partial charge in [0.05, 0.1) is 1.37 Å². The number of rotatable bonds is 1. The average Bonchev–Trinajstić information content (AvgIpc) is 2.44. The molecule has 0 unspecified atom stereocenters. The molecule has 0 fully saturated rings. The minimum atomic E-state index is -0.217. The van der Waals surface area contributed by atoms with Crippen molar-refractivity contribution in [3.8, 4) is 0 Å². The normalized spacial score (nSPS) is 13.9. The predicted octanol–water partition coefficient (Wildman–Crippen LogP) is 3.02. The lowest BCUT2D eigenvalue weighted by Crippen LogP contribution is -2.20. The van der Waals surface area contributed by atoms with Gasteiger partial charge in [0, 0.05) is 22.3 Å². The molecule has 0 atom stereocenters. The van der Waals surface area contributed by atoms with Crippen LogP contribution >= 0.6 is 0 Å². The fraction of sp³-hybridized carbons (Fsp3) is 0.125. The number of fused-ring (bicyclic) bond motifs is 2. The zero-order valence-corrected chi connectivity index (χ0v) is 9.99. The quantitative estimate of drug-likeness (QED) is 0.652. The third kappa shape index (κ3) is 1.42. The van der Waals surface area contributed by atoms with Crippen molar-refractivity contribution >= 4 is 11.6 Å². The van der Waals surface area contributed by atoms with Crippen molar-refractivity contribution in [1.29, 1.82) is 0 Å². The number of benzene rings is 2. The van der Waals surface area contributed by atoms with Crippen LogP contribution in [0, 0.1) is 0 Å². The number of carbonyl (C=O) groups is 2. The molecule has 0 N–H and O–H groups in total. The van der Waals surface area contributed by atoms with Crippen molar-refractivity contribution in [3.05, 3.63) is 70.3 Å². The van der Waals surface area contributed by atoms with Crippen LogP contribution in [0.1, 0.15) is 45.7 Å². The van der Waals surface area contributed by atoms with Crippen LogP contribution in [-0.4, -0.2) is 11.6 Å². The molecule has 88 valence electrons. The van der Waals surface area contributed by atoms with Gasteiger partial charge in [0.2, 0.25) is 0 Å². The fourth-order valence-corrected chi connectivity index (χ4v) is 2.27. The monoisotopic (exact) mass is 237 g/mol. The summed E-state index contributed by atoms with van der Waals surface area (Å²) in [6.07, 6.45) is 0.676. The maximum Gasteiger partial charge on any atom is 0.194 e. The van der Waals surface area contributed by atoms with E-state index in [9.17, 15) is 9.59 Å². The molecule has 0 amide bonds. The number of hydrogen-bond acceptors (Lipinski definition) is 2. The van der Waals surface area contributed by atoms with Crippen LogP contribution in [-0.2, 0) is 6.42 Å². The van der Waals surface area contributed by atoms with E-state index in [0.717, 1.165) is 5.56 Å². The first-order valence-electron chi connectivity index (χ1n) is 6.46. The summed E-state index contributed by atoms with van der Waals surface area (Å²) < 4.78 is 8.11. The molecule has 0 saturated carbocycles. The molecule has 1 aliphatic carbocycles. The van der Waals surface area contributed by atoms with E-state index in [-0.39, 0.29) is 23.2 Å². The minimum absolute atomic E-state index is 0.165. The summed E-state index contributed by atoms with van der Waals surface area (Å²) in [6.45, 7) is 1.93. The molecule has 2 heteroatoms. The summed E-state index contributed by atoms with van der Waals surface area (Å²) in [5.74, 6) is -0.383. The highest BCUT2D eigenvalue weighted by Gasteiger charge is 2.28. The van der Waals surface area contributed by atoms with Crippen LogP contribution in [0.3, 0.4) is 0 Å². The van der Waals surface area contributed by atoms with Gasteiger partial charge in [-0.3, -0.25) is 9.59 Å². The van der Waals surface area contributed by atoms with E-state index in [0.29, 0.717) is 23.1 Å². The molecule has 2 aromatic rings. The third-order valence-electron chi connectivity index (χ3n) is 3.27. The van der Waals surface area contributed by atoms with Gasteiger partial charge in [-0.15, -0.1) is 0 Å². The van der Waals surface area contributed by atoms with Crippen LogP contribution in [0.5, 0.6) is 0 Å². The molecule has 2 aromatic carbocycles. The Hall–Kier alpha value is -2.22. The topological polar surface area (TPSA) is 34.1 Å². The van der Waals surface area contributed by atoms with Crippen LogP contribution in [0.25, 0.3) is 0 Å². The lowest BCUT2D eigenvalue weighted by atomic mass is 9.83. The third-order valence-corrected chi connectivity index (χ3v) is 3.27. The van der Waals surface area contributed by atoms with Gasteiger partial charge < -0.3 is 0 Å². The molecule has 0 aliphatic heterocycles. The molecule has 0 bridgehead atoms. The van der Waals surface area contributed by atoms with Crippen molar-refractivity contribution in [2.45, 2.75) is 13.3 Å². The first-order valence-corrected chi connectivity index (χ1v) is 5.96. The second-order valence-corrected chi connectivity index (χ2v) is 4.33. The number of carbonyl (C=O) groups excluding carboxylic acids is 2. The van der Waals surface area contributed by atoms with E-state index in [1.165, 1.54) is 0 Å². The molecular weight excluding hydrogens is 224 g/mol. The van der Waals surface area contributed by atoms with Crippen LogP contribution < -0.4 is 0 Å². The van der Waals surface area contributed by atoms with Crippen molar-refractivity contribution in [2.24, 2.45) is 0 Å². The summed E-state index contributed by atoms with van der Waals surface area (Å²) in [6, 6.07) is 10.4. The van der Waals surface area contributed by atoms with Crippen molar-refractivity contribution < 1.29 is 11.0 Å². The maximum atomic E-state index is 12.5. The zero-order chi connectivity index (χ0) is 13.6. The molecule has 0 aromatic heterocycles. The Labute approximate surface area is 107 Å². The van der Waals surface area contributed by atoms with Crippen LogP contribution in [0.2, 0.25) is 0 Å². The number of aryl methyl sites for hydroxylation is 1. The van der Waals surface area contributed by atoms with Gasteiger partial charge in [0.15, 0.2) is 11.6 Å². The van der Waals surface area contributed by atoms with Crippen molar-refractivity contribution in [3.63, 3.8) is 0 Å². The fourth-order valence-electron chi connectivity index (χ4n) is 2.27. The maximum absolute atomic E-state index is 12.5. The van der Waals surface area contributed by atoms with Gasteiger partial charge in [0.25, 0.3) is 0 Å². The second kappa shape index (κ2) is 3.91. The van der Waals surface area contributed by atoms with Crippen LogP contribution in [0.15, 0.2) is 42.4 Å². The molecular formula is C16H12O2. The highest BCUT2D eigenvalue weighted by Crippen LogP contribution is 2.27. The largest absolute Gasteiger partial charge is 0.289 e. The molecule has 0 radical (unpaired) electrons. The van der Waals surface area contributed by atoms with Crippen LogP contribution in [0.4, 0.5) is 0 Å². The minimum Gasteiger partial charge on any atom is -0.289 e. The van der Waals surface area contributed by atoms with Gasteiger partial charge in [0.1, 0.15) is 0 Å². The van der Waals surface area contributed by atoms with Gasteiger partial charge >= 0.3 is 0 Å². The van der Waals surface area contributed by atoms with E-state index < -0.39 is 0 Å². The van der Waals surface area contributed by atoms with Crippen molar-refractivity contribution in [1.82, 2.24) is 0 Å². The number of ketones is 2. The zero-order valence-electron chi connectivity index (χ0n) is 11.0. The van der Waals surface area contributed by atoms with E-state index >= 15 is 0 Å². The molecule has 3 rings (SSSR count). The first-order chi connectivity index (χ1) is 9.15. The summed E-state index contributed by atoms with van der Waals surface area (Å²) in [5.41, 5.74) is 2.23. The highest BCUT2D eigenvalue weighted by atomic mass is 16.1. The molecule has 0 heterocycles. The SMILES string of the molecule is [2H]c1c(CC)ccc2c1C(=O)c1ccccc1C2=O. The molecule has 1 aliphatic rings. The standard InChI is InChI=1S/C16H12O2/c1-2-10-7-8-13-14(9-10)16(18)12-6-4-3-5-11(12)15(13)17/h3-9H,2H2,1H3/i9D. The Bertz CT molecular complexity index is 717. The molecule has 0 spiro atoms. The summed E-state index contributed by atoms with van der Waals surface area (Å²) >= 11 is 0. The molecule has 0 saturated heterocycles. The first kappa shape index (κ1) is 9.77. The Morgan fingerprint density at radius 2 is 1.44 bits per heavy atom. The predicted molar refractivity (Wildman–Crippen MR) is 69.1 cm³/mol. The van der Waals surface area contributed by atoms with E-state index in [1.807, 2.05) is 6.92 Å². The number of hydrogen-bond donors (Lipinski definition) is 0. The van der Waals surface area contributed by atoms with Gasteiger partial charge in [-0.05, 0) is 18.0 Å². The van der Waals surface area contributed by atoms with E-state index in [4.69, 9.17) is 1.37 Å². The van der Waals surface area contributed by atoms with E-state index in [1.54, 1.807) is 36.4 Å². The Morgan fingerprint density at radius 1 is 0.889 bits per heavy atom. The van der Waals surface area contributed by atoms with E-state index in [2.05, 4.69) is 0 Å². The summed E-state index contributed by atoms with van der Waals surface area (Å²) in [5, 5.41) is 0. The lowest BCUT2D eigenvalue weighted by molar-refractivity contribution is 0.0979. The Kier molecular flexibility index (Phi) is 2.12. The smallest absolute Gasteiger partial charge is 0.194 e. The highest BCUT2D eigenvalue weighted by molar-refractivity contribution is 6.28. The second-order valence-electron chi connectivity index (χ2n) is 4.33. The Balaban J connectivity index is 2.33. The van der Waals surface area contributed by atoms with Gasteiger partial charge in [-0.25, -0.2) is 0 Å². The summed E-state index contributed by atoms with van der Waals surface area (Å²) in [7, 11) is 0. The molecule has 2 nitrogen and oxygen atoms in total. The van der Waals surface area contributed by atoms with Gasteiger partial charge in [-0.2, -0.15) is 0 Å². The average molecular weight is 237 g/mol. The lowest BCUT2D eigenvalue weighted by Gasteiger charge is -2.17.